The van der Waals surface area contributed by atoms with Crippen molar-refractivity contribution in [2.24, 2.45) is 0 Å². The highest BCUT2D eigenvalue weighted by molar-refractivity contribution is 9.10. The molecule has 1 aromatic carbocycles. The molecule has 1 atom stereocenters. The first-order chi connectivity index (χ1) is 9.65. The fourth-order valence-electron chi connectivity index (χ4n) is 2.60. The number of halogens is 1. The minimum absolute atomic E-state index is 0.217. The van der Waals surface area contributed by atoms with E-state index < -0.39 is 0 Å². The number of fused-ring (bicyclic) bond motifs is 1. The van der Waals surface area contributed by atoms with E-state index in [0.29, 0.717) is 0 Å². The summed E-state index contributed by atoms with van der Waals surface area (Å²) < 4.78 is 3.41. The van der Waals surface area contributed by atoms with Gasteiger partial charge >= 0.3 is 0 Å². The highest BCUT2D eigenvalue weighted by Crippen LogP contribution is 2.20. The van der Waals surface area contributed by atoms with Crippen LogP contribution in [0.3, 0.4) is 0 Å². The lowest BCUT2D eigenvalue weighted by Crippen LogP contribution is -2.21. The summed E-state index contributed by atoms with van der Waals surface area (Å²) in [6.07, 6.45) is 2.25. The molecule has 1 aliphatic heterocycles. The number of hydrogen-bond acceptors (Lipinski definition) is 3. The zero-order valence-corrected chi connectivity index (χ0v) is 13.4. The van der Waals surface area contributed by atoms with E-state index in [9.17, 15) is 0 Å². The van der Waals surface area contributed by atoms with E-state index >= 15 is 0 Å². The maximum atomic E-state index is 4.32. The molecule has 2 aromatic rings. The lowest BCUT2D eigenvalue weighted by Gasteiger charge is -2.14. The molecule has 106 valence electrons. The second-order valence-electron chi connectivity index (χ2n) is 5.42. The van der Waals surface area contributed by atoms with Gasteiger partial charge in [-0.05, 0) is 37.5 Å². The van der Waals surface area contributed by atoms with Gasteiger partial charge in [0.15, 0.2) is 0 Å². The van der Waals surface area contributed by atoms with Gasteiger partial charge in [0.25, 0.3) is 0 Å². The Morgan fingerprint density at radius 1 is 1.40 bits per heavy atom. The number of aromatic nitrogens is 3. The number of benzene rings is 1. The molecule has 0 fully saturated rings. The van der Waals surface area contributed by atoms with Crippen molar-refractivity contribution in [3.05, 3.63) is 45.4 Å². The standard InChI is InChI=1S/C15H19BrN4/c1-10-5-6-12(8-13(10)16)9-17-11(2)15-19-18-14-4-3-7-20(14)15/h5-6,8,11,17H,3-4,7,9H2,1-2H3. The molecule has 1 aromatic heterocycles. The molecule has 20 heavy (non-hydrogen) atoms. The predicted molar refractivity (Wildman–Crippen MR) is 82.5 cm³/mol. The molecular weight excluding hydrogens is 316 g/mol. The summed E-state index contributed by atoms with van der Waals surface area (Å²) in [5.41, 5.74) is 2.53. The van der Waals surface area contributed by atoms with Crippen LogP contribution in [-0.4, -0.2) is 14.8 Å². The lowest BCUT2D eigenvalue weighted by atomic mass is 10.1. The van der Waals surface area contributed by atoms with Crippen LogP contribution in [0.1, 0.15) is 42.2 Å². The van der Waals surface area contributed by atoms with Crippen molar-refractivity contribution < 1.29 is 0 Å². The topological polar surface area (TPSA) is 42.7 Å². The largest absolute Gasteiger partial charge is 0.314 e. The molecule has 1 aliphatic rings. The second kappa shape index (κ2) is 5.66. The Hall–Kier alpha value is -1.20. The molecule has 1 N–H and O–H groups in total. The number of aryl methyl sites for hydroxylation is 2. The van der Waals surface area contributed by atoms with Crippen LogP contribution < -0.4 is 5.32 Å². The molecule has 0 saturated carbocycles. The van der Waals surface area contributed by atoms with Gasteiger partial charge in [-0.25, -0.2) is 0 Å². The molecule has 2 heterocycles. The molecule has 0 saturated heterocycles. The summed E-state index contributed by atoms with van der Waals surface area (Å²) >= 11 is 3.58. The van der Waals surface area contributed by atoms with Crippen LogP contribution in [0.5, 0.6) is 0 Å². The van der Waals surface area contributed by atoms with Gasteiger partial charge in [0.1, 0.15) is 11.6 Å². The Morgan fingerprint density at radius 3 is 3.05 bits per heavy atom. The van der Waals surface area contributed by atoms with E-state index in [1.54, 1.807) is 0 Å². The number of rotatable bonds is 4. The third kappa shape index (κ3) is 2.65. The average Bonchev–Trinajstić information content (AvgIpc) is 3.02. The summed E-state index contributed by atoms with van der Waals surface area (Å²) in [6, 6.07) is 6.69. The maximum Gasteiger partial charge on any atom is 0.149 e. The fraction of sp³-hybridized carbons (Fsp3) is 0.467. The van der Waals surface area contributed by atoms with Gasteiger partial charge in [0.2, 0.25) is 0 Å². The number of nitrogens with zero attached hydrogens (tertiary/aromatic N) is 3. The van der Waals surface area contributed by atoms with Crippen LogP contribution in [-0.2, 0) is 19.5 Å². The molecule has 0 aliphatic carbocycles. The number of nitrogens with one attached hydrogen (secondary N) is 1. The van der Waals surface area contributed by atoms with Gasteiger partial charge in [-0.3, -0.25) is 0 Å². The third-order valence-corrected chi connectivity index (χ3v) is 4.73. The summed E-state index contributed by atoms with van der Waals surface area (Å²) in [4.78, 5) is 0. The average molecular weight is 335 g/mol. The van der Waals surface area contributed by atoms with Crippen LogP contribution in [0.4, 0.5) is 0 Å². The molecular formula is C15H19BrN4. The first kappa shape index (κ1) is 13.8. The minimum atomic E-state index is 0.217. The quantitative estimate of drug-likeness (QED) is 0.933. The molecule has 0 amide bonds. The summed E-state index contributed by atoms with van der Waals surface area (Å²) in [5.74, 6) is 2.19. The molecule has 0 spiro atoms. The predicted octanol–water partition coefficient (Wildman–Crippen LogP) is 3.15. The van der Waals surface area contributed by atoms with Gasteiger partial charge < -0.3 is 9.88 Å². The second-order valence-corrected chi connectivity index (χ2v) is 6.27. The molecule has 1 unspecified atom stereocenters. The van der Waals surface area contributed by atoms with Crippen molar-refractivity contribution in [1.29, 1.82) is 0 Å². The Labute approximate surface area is 127 Å². The zero-order valence-electron chi connectivity index (χ0n) is 11.9. The van der Waals surface area contributed by atoms with Crippen LogP contribution in [0, 0.1) is 6.92 Å². The number of hydrogen-bond donors (Lipinski definition) is 1. The molecule has 4 nitrogen and oxygen atoms in total. The summed E-state index contributed by atoms with van der Waals surface area (Å²) in [5, 5.41) is 12.1. The fourth-order valence-corrected chi connectivity index (χ4v) is 3.03. The highest BCUT2D eigenvalue weighted by Gasteiger charge is 2.20. The van der Waals surface area contributed by atoms with Gasteiger partial charge in [0.05, 0.1) is 6.04 Å². The molecule has 0 bridgehead atoms. The maximum absolute atomic E-state index is 4.32. The molecule has 3 rings (SSSR count). The van der Waals surface area contributed by atoms with E-state index in [0.717, 1.165) is 35.6 Å². The smallest absolute Gasteiger partial charge is 0.149 e. The van der Waals surface area contributed by atoms with E-state index in [4.69, 9.17) is 0 Å². The van der Waals surface area contributed by atoms with Gasteiger partial charge in [-0.2, -0.15) is 0 Å². The van der Waals surface area contributed by atoms with E-state index in [2.05, 4.69) is 68.1 Å². The van der Waals surface area contributed by atoms with E-state index in [1.807, 2.05) is 0 Å². The third-order valence-electron chi connectivity index (χ3n) is 3.87. The van der Waals surface area contributed by atoms with Crippen molar-refractivity contribution in [3.63, 3.8) is 0 Å². The van der Waals surface area contributed by atoms with E-state index in [1.165, 1.54) is 17.5 Å². The van der Waals surface area contributed by atoms with E-state index in [-0.39, 0.29) is 6.04 Å². The van der Waals surface area contributed by atoms with Crippen molar-refractivity contribution in [3.8, 4) is 0 Å². The Balaban J connectivity index is 1.67. The first-order valence-corrected chi connectivity index (χ1v) is 7.85. The summed E-state index contributed by atoms with van der Waals surface area (Å²) in [7, 11) is 0. The molecule has 0 radical (unpaired) electrons. The van der Waals surface area contributed by atoms with Crippen molar-refractivity contribution in [1.82, 2.24) is 20.1 Å². The Kier molecular flexibility index (Phi) is 3.89. The first-order valence-electron chi connectivity index (χ1n) is 7.05. The van der Waals surface area contributed by atoms with Gasteiger partial charge in [0, 0.05) is 24.0 Å². The van der Waals surface area contributed by atoms with Crippen LogP contribution in [0.15, 0.2) is 22.7 Å². The molecule has 5 heteroatoms. The van der Waals surface area contributed by atoms with Crippen LogP contribution in [0.2, 0.25) is 0 Å². The summed E-state index contributed by atoms with van der Waals surface area (Å²) in [6.45, 7) is 6.14. The highest BCUT2D eigenvalue weighted by atomic mass is 79.9. The van der Waals surface area contributed by atoms with Gasteiger partial charge in [-0.15, -0.1) is 10.2 Å². The minimum Gasteiger partial charge on any atom is -0.314 e. The Bertz CT molecular complexity index is 620. The van der Waals surface area contributed by atoms with Crippen molar-refractivity contribution in [2.75, 3.05) is 0 Å². The van der Waals surface area contributed by atoms with Crippen LogP contribution >= 0.6 is 15.9 Å². The SMILES string of the molecule is Cc1ccc(CNC(C)c2nnc3n2CCC3)cc1Br. The zero-order chi connectivity index (χ0) is 14.1. The lowest BCUT2D eigenvalue weighted by molar-refractivity contribution is 0.516. The Morgan fingerprint density at radius 2 is 2.25 bits per heavy atom. The van der Waals surface area contributed by atoms with Gasteiger partial charge in [-0.1, -0.05) is 28.1 Å². The van der Waals surface area contributed by atoms with Crippen molar-refractivity contribution >= 4 is 15.9 Å². The monoisotopic (exact) mass is 334 g/mol. The van der Waals surface area contributed by atoms with Crippen LogP contribution in [0.25, 0.3) is 0 Å². The normalized spacial score (nSPS) is 15.3. The van der Waals surface area contributed by atoms with Crippen molar-refractivity contribution in [2.45, 2.75) is 45.8 Å².